The van der Waals surface area contributed by atoms with Crippen LogP contribution in [0, 0.1) is 5.82 Å². The van der Waals surface area contributed by atoms with Crippen LogP contribution < -0.4 is 4.90 Å². The lowest BCUT2D eigenvalue weighted by atomic mass is 10.0. The van der Waals surface area contributed by atoms with Crippen LogP contribution in [0.15, 0.2) is 40.9 Å². The summed E-state index contributed by atoms with van der Waals surface area (Å²) in [7, 11) is 1.30. The van der Waals surface area contributed by atoms with E-state index in [2.05, 4.69) is 20.1 Å². The number of aromatic nitrogens is 3. The van der Waals surface area contributed by atoms with E-state index >= 15 is 0 Å². The number of hydrogen-bond acceptors (Lipinski definition) is 7. The summed E-state index contributed by atoms with van der Waals surface area (Å²) in [6.07, 6.45) is 0.695. The molecule has 2 aromatic heterocycles. The van der Waals surface area contributed by atoms with Crippen molar-refractivity contribution in [1.29, 1.82) is 0 Å². The van der Waals surface area contributed by atoms with Gasteiger partial charge in [0.1, 0.15) is 5.82 Å². The summed E-state index contributed by atoms with van der Waals surface area (Å²) in [5.41, 5.74) is 2.77. The highest BCUT2D eigenvalue weighted by Crippen LogP contribution is 2.31. The molecule has 4 rings (SSSR count). The summed E-state index contributed by atoms with van der Waals surface area (Å²) in [6.45, 7) is 1.24. The highest BCUT2D eigenvalue weighted by atomic mass is 19.1. The first-order chi connectivity index (χ1) is 12.7. The number of anilines is 1. The summed E-state index contributed by atoms with van der Waals surface area (Å²) in [4.78, 5) is 13.5. The minimum Gasteiger partial charge on any atom is -0.464 e. The average molecular weight is 354 g/mol. The molecule has 3 aromatic rings. The Morgan fingerprint density at radius 1 is 1.19 bits per heavy atom. The number of methoxy groups -OCH3 is 1. The van der Waals surface area contributed by atoms with Gasteiger partial charge in [0.15, 0.2) is 17.3 Å². The van der Waals surface area contributed by atoms with E-state index in [-0.39, 0.29) is 11.5 Å². The molecule has 3 heterocycles. The van der Waals surface area contributed by atoms with Crippen molar-refractivity contribution in [3.05, 3.63) is 59.2 Å². The molecule has 0 spiro atoms. The molecule has 0 fully saturated rings. The van der Waals surface area contributed by atoms with Gasteiger partial charge in [0.05, 0.1) is 19.3 Å². The Morgan fingerprint density at radius 2 is 2.00 bits per heavy atom. The number of halogens is 1. The third-order valence-corrected chi connectivity index (χ3v) is 4.31. The van der Waals surface area contributed by atoms with Crippen molar-refractivity contribution in [1.82, 2.24) is 15.4 Å². The van der Waals surface area contributed by atoms with Crippen LogP contribution in [0.25, 0.3) is 11.3 Å². The molecule has 1 aliphatic heterocycles. The SMILES string of the molecule is COC(=O)c1ccc(N2CCc3noc(-c4ccc(F)cc4)c3C2)nn1. The molecule has 132 valence electrons. The molecular weight excluding hydrogens is 339 g/mol. The van der Waals surface area contributed by atoms with E-state index < -0.39 is 5.97 Å². The van der Waals surface area contributed by atoms with Gasteiger partial charge in [0, 0.05) is 24.1 Å². The van der Waals surface area contributed by atoms with E-state index in [4.69, 9.17) is 4.52 Å². The molecule has 26 heavy (non-hydrogen) atoms. The molecule has 0 saturated heterocycles. The van der Waals surface area contributed by atoms with Crippen LogP contribution in [-0.2, 0) is 17.7 Å². The summed E-state index contributed by atoms with van der Waals surface area (Å²) >= 11 is 0. The van der Waals surface area contributed by atoms with Crippen molar-refractivity contribution in [2.75, 3.05) is 18.6 Å². The molecule has 1 aromatic carbocycles. The Labute approximate surface area is 148 Å². The van der Waals surface area contributed by atoms with Crippen LogP contribution in [0.5, 0.6) is 0 Å². The summed E-state index contributed by atoms with van der Waals surface area (Å²) in [5.74, 6) is 0.450. The maximum Gasteiger partial charge on any atom is 0.358 e. The smallest absolute Gasteiger partial charge is 0.358 e. The molecule has 1 aliphatic rings. The van der Waals surface area contributed by atoms with Crippen molar-refractivity contribution >= 4 is 11.8 Å². The topological polar surface area (TPSA) is 81.4 Å². The van der Waals surface area contributed by atoms with Crippen molar-refractivity contribution in [2.24, 2.45) is 0 Å². The molecule has 0 N–H and O–H groups in total. The quantitative estimate of drug-likeness (QED) is 0.669. The lowest BCUT2D eigenvalue weighted by Crippen LogP contribution is -2.31. The van der Waals surface area contributed by atoms with Crippen LogP contribution in [0.2, 0.25) is 0 Å². The lowest BCUT2D eigenvalue weighted by Gasteiger charge is -2.26. The van der Waals surface area contributed by atoms with E-state index in [1.807, 2.05) is 4.90 Å². The van der Waals surface area contributed by atoms with Crippen molar-refractivity contribution in [3.63, 3.8) is 0 Å². The molecule has 0 unspecified atom stereocenters. The fourth-order valence-corrected chi connectivity index (χ4v) is 2.94. The lowest BCUT2D eigenvalue weighted by molar-refractivity contribution is 0.0592. The Bertz CT molecular complexity index is 938. The van der Waals surface area contributed by atoms with Crippen molar-refractivity contribution in [3.8, 4) is 11.3 Å². The normalized spacial score (nSPS) is 13.4. The monoisotopic (exact) mass is 354 g/mol. The first-order valence-corrected chi connectivity index (χ1v) is 8.06. The van der Waals surface area contributed by atoms with Gasteiger partial charge < -0.3 is 14.2 Å². The van der Waals surface area contributed by atoms with Gasteiger partial charge >= 0.3 is 5.97 Å². The first kappa shape index (κ1) is 16.2. The number of carbonyl (C=O) groups is 1. The zero-order valence-corrected chi connectivity index (χ0v) is 14.0. The molecule has 0 aliphatic carbocycles. The van der Waals surface area contributed by atoms with E-state index in [9.17, 15) is 9.18 Å². The standard InChI is InChI=1S/C18H15FN4O3/c1-25-18(24)15-6-7-16(21-20-15)23-9-8-14-13(10-23)17(26-22-14)11-2-4-12(19)5-3-11/h2-7H,8-10H2,1H3. The fourth-order valence-electron chi connectivity index (χ4n) is 2.94. The van der Waals surface area contributed by atoms with Gasteiger partial charge in [-0.15, -0.1) is 10.2 Å². The number of rotatable bonds is 3. The van der Waals surface area contributed by atoms with E-state index in [0.29, 0.717) is 31.1 Å². The number of carbonyl (C=O) groups excluding carboxylic acids is 1. The van der Waals surface area contributed by atoms with Gasteiger partial charge in [-0.1, -0.05) is 5.16 Å². The third kappa shape index (κ3) is 2.90. The average Bonchev–Trinajstić information content (AvgIpc) is 3.11. The zero-order chi connectivity index (χ0) is 18.1. The van der Waals surface area contributed by atoms with Gasteiger partial charge in [-0.2, -0.15) is 0 Å². The molecule has 0 saturated carbocycles. The molecule has 8 heteroatoms. The predicted octanol–water partition coefficient (Wildman–Crippen LogP) is 2.62. The fraction of sp³-hybridized carbons (Fsp3) is 0.222. The third-order valence-electron chi connectivity index (χ3n) is 4.31. The summed E-state index contributed by atoms with van der Waals surface area (Å²) < 4.78 is 23.3. The maximum atomic E-state index is 13.2. The first-order valence-electron chi connectivity index (χ1n) is 8.06. The molecule has 0 atom stereocenters. The number of hydrogen-bond donors (Lipinski definition) is 0. The van der Waals surface area contributed by atoms with Gasteiger partial charge in [-0.25, -0.2) is 9.18 Å². The largest absolute Gasteiger partial charge is 0.464 e. The molecule has 7 nitrogen and oxygen atoms in total. The van der Waals surface area contributed by atoms with E-state index in [1.165, 1.54) is 19.2 Å². The number of ether oxygens (including phenoxy) is 1. The minimum absolute atomic E-state index is 0.158. The van der Waals surface area contributed by atoms with Crippen molar-refractivity contribution < 1.29 is 18.4 Å². The minimum atomic E-state index is -0.525. The Morgan fingerprint density at radius 3 is 2.69 bits per heavy atom. The number of fused-ring (bicyclic) bond motifs is 1. The number of benzene rings is 1. The van der Waals surface area contributed by atoms with Crippen LogP contribution in [0.3, 0.4) is 0 Å². The second-order valence-electron chi connectivity index (χ2n) is 5.88. The van der Waals surface area contributed by atoms with Gasteiger partial charge in [0.2, 0.25) is 0 Å². The van der Waals surface area contributed by atoms with Crippen molar-refractivity contribution in [2.45, 2.75) is 13.0 Å². The predicted molar refractivity (Wildman–Crippen MR) is 90.0 cm³/mol. The zero-order valence-electron chi connectivity index (χ0n) is 14.0. The van der Waals surface area contributed by atoms with E-state index in [1.54, 1.807) is 24.3 Å². The second-order valence-corrected chi connectivity index (χ2v) is 5.88. The number of nitrogens with zero attached hydrogens (tertiary/aromatic N) is 4. The van der Waals surface area contributed by atoms with Crippen LogP contribution in [-0.4, -0.2) is 35.0 Å². The summed E-state index contributed by atoms with van der Waals surface area (Å²) in [6, 6.07) is 9.43. The van der Waals surface area contributed by atoms with Crippen LogP contribution in [0.1, 0.15) is 21.7 Å². The van der Waals surface area contributed by atoms with Gasteiger partial charge in [0.25, 0.3) is 0 Å². The molecule has 0 amide bonds. The highest BCUT2D eigenvalue weighted by molar-refractivity contribution is 5.87. The van der Waals surface area contributed by atoms with Gasteiger partial charge in [-0.3, -0.25) is 0 Å². The Kier molecular flexibility index (Phi) is 4.08. The van der Waals surface area contributed by atoms with Gasteiger partial charge in [-0.05, 0) is 36.4 Å². The Balaban J connectivity index is 1.60. The maximum absolute atomic E-state index is 13.2. The van der Waals surface area contributed by atoms with Crippen LogP contribution in [0.4, 0.5) is 10.2 Å². The highest BCUT2D eigenvalue weighted by Gasteiger charge is 2.26. The number of esters is 1. The van der Waals surface area contributed by atoms with E-state index in [0.717, 1.165) is 16.8 Å². The second kappa shape index (κ2) is 6.55. The van der Waals surface area contributed by atoms with Crippen LogP contribution >= 0.6 is 0 Å². The molecule has 0 bridgehead atoms. The summed E-state index contributed by atoms with van der Waals surface area (Å²) in [5, 5.41) is 12.2. The molecular formula is C18H15FN4O3. The Hall–Kier alpha value is -3.29. The molecule has 0 radical (unpaired) electrons.